The predicted octanol–water partition coefficient (Wildman–Crippen LogP) is 3.02. The number of halogens is 2. The molecule has 1 aromatic rings. The van der Waals surface area contributed by atoms with Crippen molar-refractivity contribution in [2.24, 2.45) is 0 Å². The van der Waals surface area contributed by atoms with Crippen molar-refractivity contribution >= 4 is 17.5 Å². The summed E-state index contributed by atoms with van der Waals surface area (Å²) < 4.78 is 19.8. The SMILES string of the molecule is CC1(O)CCOC2(CCN(C(=O)c3cc(Cl)ccc3F)CC2)C1. The Morgan fingerprint density at radius 2 is 2.04 bits per heavy atom. The maximum absolute atomic E-state index is 13.9. The third kappa shape index (κ3) is 3.52. The lowest BCUT2D eigenvalue weighted by Gasteiger charge is -2.48. The van der Waals surface area contributed by atoms with Crippen LogP contribution in [0.4, 0.5) is 4.39 Å². The second kappa shape index (κ2) is 6.04. The van der Waals surface area contributed by atoms with Gasteiger partial charge in [0.05, 0.1) is 23.4 Å². The second-order valence-corrected chi connectivity index (χ2v) is 7.31. The van der Waals surface area contributed by atoms with E-state index in [1.807, 2.05) is 6.92 Å². The maximum Gasteiger partial charge on any atom is 0.256 e. The molecule has 1 aromatic carbocycles. The molecule has 3 rings (SSSR count). The fourth-order valence-corrected chi connectivity index (χ4v) is 3.76. The minimum absolute atomic E-state index is 0.00464. The molecule has 1 N–H and O–H groups in total. The first-order valence-corrected chi connectivity index (χ1v) is 8.29. The maximum atomic E-state index is 13.9. The average molecular weight is 342 g/mol. The van der Waals surface area contributed by atoms with Crippen LogP contribution in [0.3, 0.4) is 0 Å². The molecule has 1 atom stereocenters. The number of nitrogens with zero attached hydrogens (tertiary/aromatic N) is 1. The van der Waals surface area contributed by atoms with Gasteiger partial charge in [0.2, 0.25) is 0 Å². The van der Waals surface area contributed by atoms with Crippen molar-refractivity contribution in [2.75, 3.05) is 19.7 Å². The standard InChI is InChI=1S/C17H21ClFNO3/c1-16(22)6-9-23-17(11-16)4-7-20(8-5-17)15(21)13-10-12(18)2-3-14(13)19/h2-3,10,22H,4-9,11H2,1H3. The lowest BCUT2D eigenvalue weighted by molar-refractivity contribution is -0.170. The molecule has 4 nitrogen and oxygen atoms in total. The Balaban J connectivity index is 1.69. The van der Waals surface area contributed by atoms with Gasteiger partial charge in [-0.2, -0.15) is 0 Å². The summed E-state index contributed by atoms with van der Waals surface area (Å²) in [6, 6.07) is 4.00. The zero-order valence-electron chi connectivity index (χ0n) is 13.1. The van der Waals surface area contributed by atoms with Crippen LogP contribution < -0.4 is 0 Å². The van der Waals surface area contributed by atoms with Gasteiger partial charge >= 0.3 is 0 Å². The summed E-state index contributed by atoms with van der Waals surface area (Å²) in [5.41, 5.74) is -1.08. The Hall–Kier alpha value is -1.17. The lowest BCUT2D eigenvalue weighted by atomic mass is 9.78. The number of rotatable bonds is 1. The zero-order valence-corrected chi connectivity index (χ0v) is 13.9. The summed E-state index contributed by atoms with van der Waals surface area (Å²) in [6.45, 7) is 3.34. The molecule has 0 saturated carbocycles. The van der Waals surface area contributed by atoms with Crippen molar-refractivity contribution in [3.05, 3.63) is 34.6 Å². The van der Waals surface area contributed by atoms with E-state index in [1.54, 1.807) is 4.90 Å². The van der Waals surface area contributed by atoms with Gasteiger partial charge in [-0.05, 0) is 44.4 Å². The van der Waals surface area contributed by atoms with E-state index in [1.165, 1.54) is 18.2 Å². The van der Waals surface area contributed by atoms with Crippen LogP contribution in [0.2, 0.25) is 5.02 Å². The molecule has 126 valence electrons. The first-order chi connectivity index (χ1) is 10.8. The summed E-state index contributed by atoms with van der Waals surface area (Å²) in [7, 11) is 0. The number of carbonyl (C=O) groups is 1. The van der Waals surface area contributed by atoms with Gasteiger partial charge in [0.15, 0.2) is 0 Å². The number of ether oxygens (including phenoxy) is 1. The van der Waals surface area contributed by atoms with Crippen LogP contribution >= 0.6 is 11.6 Å². The van der Waals surface area contributed by atoms with Gasteiger partial charge < -0.3 is 14.7 Å². The molecule has 23 heavy (non-hydrogen) atoms. The highest BCUT2D eigenvalue weighted by Gasteiger charge is 2.45. The van der Waals surface area contributed by atoms with Crippen molar-refractivity contribution < 1.29 is 19.0 Å². The van der Waals surface area contributed by atoms with Gasteiger partial charge in [-0.25, -0.2) is 4.39 Å². The van der Waals surface area contributed by atoms with Gasteiger partial charge in [0.25, 0.3) is 5.91 Å². The quantitative estimate of drug-likeness (QED) is 0.854. The highest BCUT2D eigenvalue weighted by atomic mass is 35.5. The third-order valence-electron chi connectivity index (χ3n) is 4.87. The van der Waals surface area contributed by atoms with Crippen LogP contribution in [0.1, 0.15) is 43.0 Å². The van der Waals surface area contributed by atoms with Crippen LogP contribution in [0.15, 0.2) is 18.2 Å². The summed E-state index contributed by atoms with van der Waals surface area (Å²) >= 11 is 5.86. The zero-order chi connectivity index (χ0) is 16.7. The summed E-state index contributed by atoms with van der Waals surface area (Å²) in [6.07, 6.45) is 2.51. The number of benzene rings is 1. The molecule has 0 bridgehead atoms. The first-order valence-electron chi connectivity index (χ1n) is 7.91. The van der Waals surface area contributed by atoms with Crippen molar-refractivity contribution in [1.82, 2.24) is 4.90 Å². The molecule has 0 aromatic heterocycles. The molecular formula is C17H21ClFNO3. The molecule has 2 fully saturated rings. The molecule has 6 heteroatoms. The Morgan fingerprint density at radius 1 is 1.35 bits per heavy atom. The lowest BCUT2D eigenvalue weighted by Crippen LogP contribution is -2.54. The predicted molar refractivity (Wildman–Crippen MR) is 85.1 cm³/mol. The molecule has 2 aliphatic heterocycles. The number of hydrogen-bond donors (Lipinski definition) is 1. The molecule has 1 amide bonds. The van der Waals surface area contributed by atoms with E-state index in [0.29, 0.717) is 50.4 Å². The van der Waals surface area contributed by atoms with Gasteiger partial charge in [-0.15, -0.1) is 0 Å². The number of amides is 1. The Kier molecular flexibility index (Phi) is 4.38. The highest BCUT2D eigenvalue weighted by molar-refractivity contribution is 6.31. The molecule has 2 aliphatic rings. The molecule has 0 radical (unpaired) electrons. The Labute approximate surface area is 140 Å². The fourth-order valence-electron chi connectivity index (χ4n) is 3.59. The normalized spacial score (nSPS) is 27.2. The van der Waals surface area contributed by atoms with Crippen LogP contribution in [-0.4, -0.2) is 46.8 Å². The molecule has 2 heterocycles. The van der Waals surface area contributed by atoms with E-state index in [-0.39, 0.29) is 17.1 Å². The van der Waals surface area contributed by atoms with Gasteiger partial charge in [0.1, 0.15) is 5.82 Å². The van der Waals surface area contributed by atoms with E-state index in [4.69, 9.17) is 16.3 Å². The van der Waals surface area contributed by atoms with Crippen molar-refractivity contribution in [1.29, 1.82) is 0 Å². The van der Waals surface area contributed by atoms with E-state index >= 15 is 0 Å². The van der Waals surface area contributed by atoms with E-state index in [9.17, 15) is 14.3 Å². The Morgan fingerprint density at radius 3 is 2.70 bits per heavy atom. The van der Waals surface area contributed by atoms with Gasteiger partial charge in [0, 0.05) is 24.5 Å². The van der Waals surface area contributed by atoms with Gasteiger partial charge in [-0.3, -0.25) is 4.79 Å². The number of aliphatic hydroxyl groups is 1. The number of piperidine rings is 1. The van der Waals surface area contributed by atoms with Gasteiger partial charge in [-0.1, -0.05) is 11.6 Å². The molecule has 0 aliphatic carbocycles. The average Bonchev–Trinajstić information content (AvgIpc) is 2.49. The Bertz CT molecular complexity index is 612. The van der Waals surface area contributed by atoms with Crippen molar-refractivity contribution in [2.45, 2.75) is 43.8 Å². The monoisotopic (exact) mass is 341 g/mol. The molecular weight excluding hydrogens is 321 g/mol. The molecule has 1 spiro atoms. The smallest absolute Gasteiger partial charge is 0.256 e. The first kappa shape index (κ1) is 16.7. The summed E-state index contributed by atoms with van der Waals surface area (Å²) in [4.78, 5) is 14.1. The second-order valence-electron chi connectivity index (χ2n) is 6.87. The van der Waals surface area contributed by atoms with Crippen molar-refractivity contribution in [3.8, 4) is 0 Å². The number of carbonyl (C=O) groups excluding carboxylic acids is 1. The number of likely N-dealkylation sites (tertiary alicyclic amines) is 1. The topological polar surface area (TPSA) is 49.8 Å². The minimum Gasteiger partial charge on any atom is -0.390 e. The summed E-state index contributed by atoms with van der Waals surface area (Å²) in [5, 5.41) is 10.6. The van der Waals surface area contributed by atoms with E-state index in [0.717, 1.165) is 0 Å². The van der Waals surface area contributed by atoms with Crippen LogP contribution in [0.25, 0.3) is 0 Å². The van der Waals surface area contributed by atoms with E-state index in [2.05, 4.69) is 0 Å². The van der Waals surface area contributed by atoms with Crippen LogP contribution in [0, 0.1) is 5.82 Å². The van der Waals surface area contributed by atoms with E-state index < -0.39 is 11.4 Å². The van der Waals surface area contributed by atoms with Crippen LogP contribution in [-0.2, 0) is 4.74 Å². The largest absolute Gasteiger partial charge is 0.390 e. The highest BCUT2D eigenvalue weighted by Crippen LogP contribution is 2.39. The summed E-state index contributed by atoms with van der Waals surface area (Å²) in [5.74, 6) is -0.904. The fraction of sp³-hybridized carbons (Fsp3) is 0.588. The van der Waals surface area contributed by atoms with Crippen molar-refractivity contribution in [3.63, 3.8) is 0 Å². The minimum atomic E-state index is -0.719. The third-order valence-corrected chi connectivity index (χ3v) is 5.11. The number of hydrogen-bond acceptors (Lipinski definition) is 3. The molecule has 1 unspecified atom stereocenters. The van der Waals surface area contributed by atoms with Crippen LogP contribution in [0.5, 0.6) is 0 Å². The molecule has 2 saturated heterocycles.